The normalized spacial score (nSPS) is 11.1. The summed E-state index contributed by atoms with van der Waals surface area (Å²) in [5, 5.41) is 3.20. The molecule has 0 aliphatic heterocycles. The van der Waals surface area contributed by atoms with Crippen LogP contribution >= 0.6 is 11.6 Å². The molecule has 0 fully saturated rings. The number of anilines is 3. The fourth-order valence-electron chi connectivity index (χ4n) is 2.16. The van der Waals surface area contributed by atoms with Crippen molar-refractivity contribution >= 4 is 38.8 Å². The van der Waals surface area contributed by atoms with E-state index in [1.54, 1.807) is 48.7 Å². The molecule has 0 radical (unpaired) electrons. The first-order valence-electron chi connectivity index (χ1n) is 7.39. The number of rotatable bonds is 5. The van der Waals surface area contributed by atoms with Gasteiger partial charge >= 0.3 is 0 Å². The predicted octanol–water partition coefficient (Wildman–Crippen LogP) is 3.98. The maximum atomic E-state index is 12.5. The molecule has 2 aromatic carbocycles. The maximum Gasteiger partial charge on any atom is 0.261 e. The zero-order chi connectivity index (χ0) is 17.9. The summed E-state index contributed by atoms with van der Waals surface area (Å²) in [5.41, 5.74) is 1.74. The molecule has 8 heteroatoms. The lowest BCUT2D eigenvalue weighted by Crippen LogP contribution is -2.14. The van der Waals surface area contributed by atoms with Gasteiger partial charge in [0.15, 0.2) is 0 Å². The number of hydrogen-bond donors (Lipinski definition) is 2. The van der Waals surface area contributed by atoms with Crippen molar-refractivity contribution in [3.63, 3.8) is 0 Å². The molecule has 0 atom stereocenters. The van der Waals surface area contributed by atoms with E-state index in [-0.39, 0.29) is 10.2 Å². The predicted molar refractivity (Wildman–Crippen MR) is 98.8 cm³/mol. The lowest BCUT2D eigenvalue weighted by molar-refractivity contribution is 0.601. The van der Waals surface area contributed by atoms with Gasteiger partial charge in [-0.1, -0.05) is 30.3 Å². The van der Waals surface area contributed by atoms with E-state index < -0.39 is 10.0 Å². The molecule has 3 rings (SSSR count). The Morgan fingerprint density at radius 2 is 1.60 bits per heavy atom. The van der Waals surface area contributed by atoms with Gasteiger partial charge in [0.25, 0.3) is 10.0 Å². The summed E-state index contributed by atoms with van der Waals surface area (Å²) in [5.74, 6) is 0.506. The van der Waals surface area contributed by atoms with E-state index in [2.05, 4.69) is 20.0 Å². The first-order valence-corrected chi connectivity index (χ1v) is 9.25. The molecule has 3 aromatic rings. The number of aromatic nitrogens is 2. The van der Waals surface area contributed by atoms with Crippen molar-refractivity contribution < 1.29 is 8.42 Å². The molecule has 0 bridgehead atoms. The molecule has 128 valence electrons. The summed E-state index contributed by atoms with van der Waals surface area (Å²) in [6.07, 6.45) is 1.59. The van der Waals surface area contributed by atoms with Crippen LogP contribution in [0.3, 0.4) is 0 Å². The SMILES string of the molecule is Cc1cnc(Cl)nc1Nc1ccccc1NS(=O)(=O)c1ccccc1. The molecule has 0 aliphatic rings. The van der Waals surface area contributed by atoms with Crippen LogP contribution in [0.5, 0.6) is 0 Å². The molecular formula is C17H15ClN4O2S. The van der Waals surface area contributed by atoms with Gasteiger partial charge in [0.05, 0.1) is 16.3 Å². The van der Waals surface area contributed by atoms with E-state index in [0.717, 1.165) is 5.56 Å². The van der Waals surface area contributed by atoms with Crippen LogP contribution in [0.15, 0.2) is 65.7 Å². The number of sulfonamides is 1. The Hall–Kier alpha value is -2.64. The lowest BCUT2D eigenvalue weighted by atomic mass is 10.2. The van der Waals surface area contributed by atoms with E-state index in [9.17, 15) is 8.42 Å². The van der Waals surface area contributed by atoms with Gasteiger partial charge < -0.3 is 5.32 Å². The van der Waals surface area contributed by atoms with Gasteiger partial charge in [-0.2, -0.15) is 0 Å². The summed E-state index contributed by atoms with van der Waals surface area (Å²) in [6, 6.07) is 15.1. The molecule has 6 nitrogen and oxygen atoms in total. The summed E-state index contributed by atoms with van der Waals surface area (Å²) in [6.45, 7) is 1.83. The number of benzene rings is 2. The minimum absolute atomic E-state index is 0.107. The third-order valence-corrected chi connectivity index (χ3v) is 4.98. The highest BCUT2D eigenvalue weighted by molar-refractivity contribution is 7.92. The van der Waals surface area contributed by atoms with E-state index in [1.807, 2.05) is 6.92 Å². The highest BCUT2D eigenvalue weighted by Crippen LogP contribution is 2.28. The Labute approximate surface area is 151 Å². The Morgan fingerprint density at radius 1 is 0.960 bits per heavy atom. The number of para-hydroxylation sites is 2. The monoisotopic (exact) mass is 374 g/mol. The average molecular weight is 375 g/mol. The minimum Gasteiger partial charge on any atom is -0.338 e. The van der Waals surface area contributed by atoms with E-state index in [0.29, 0.717) is 17.2 Å². The molecule has 0 aliphatic carbocycles. The van der Waals surface area contributed by atoms with Crippen LogP contribution in [0.25, 0.3) is 0 Å². The first kappa shape index (κ1) is 17.2. The summed E-state index contributed by atoms with van der Waals surface area (Å²) >= 11 is 5.84. The topological polar surface area (TPSA) is 84.0 Å². The molecule has 0 saturated heterocycles. The Balaban J connectivity index is 1.93. The van der Waals surface area contributed by atoms with Crippen molar-refractivity contribution in [2.75, 3.05) is 10.0 Å². The Bertz CT molecular complexity index is 995. The number of hydrogen-bond acceptors (Lipinski definition) is 5. The van der Waals surface area contributed by atoms with Crippen molar-refractivity contribution in [3.05, 3.63) is 71.6 Å². The molecule has 0 saturated carbocycles. The third-order valence-electron chi connectivity index (χ3n) is 3.42. The van der Waals surface area contributed by atoms with E-state index in [1.165, 1.54) is 12.1 Å². The van der Waals surface area contributed by atoms with Gasteiger partial charge in [-0.25, -0.2) is 18.4 Å². The van der Waals surface area contributed by atoms with E-state index >= 15 is 0 Å². The van der Waals surface area contributed by atoms with Crippen LogP contribution in [-0.4, -0.2) is 18.4 Å². The smallest absolute Gasteiger partial charge is 0.261 e. The van der Waals surface area contributed by atoms with Gasteiger partial charge in [-0.3, -0.25) is 4.72 Å². The average Bonchev–Trinajstić information content (AvgIpc) is 2.60. The lowest BCUT2D eigenvalue weighted by Gasteiger charge is -2.14. The van der Waals surface area contributed by atoms with Crippen LogP contribution in [0.2, 0.25) is 5.28 Å². The fourth-order valence-corrected chi connectivity index (χ4v) is 3.39. The molecule has 0 spiro atoms. The van der Waals surface area contributed by atoms with Crippen LogP contribution in [-0.2, 0) is 10.0 Å². The fraction of sp³-hybridized carbons (Fsp3) is 0.0588. The van der Waals surface area contributed by atoms with Crippen molar-refractivity contribution in [2.24, 2.45) is 0 Å². The van der Waals surface area contributed by atoms with Crippen LogP contribution in [0.1, 0.15) is 5.56 Å². The Kier molecular flexibility index (Phi) is 4.87. The summed E-state index contributed by atoms with van der Waals surface area (Å²) in [4.78, 5) is 8.22. The molecule has 25 heavy (non-hydrogen) atoms. The summed E-state index contributed by atoms with van der Waals surface area (Å²) in [7, 11) is -3.70. The van der Waals surface area contributed by atoms with Crippen LogP contribution in [0.4, 0.5) is 17.2 Å². The molecule has 1 aromatic heterocycles. The van der Waals surface area contributed by atoms with Gasteiger partial charge in [-0.05, 0) is 42.8 Å². The number of nitrogens with zero attached hydrogens (tertiary/aromatic N) is 2. The maximum absolute atomic E-state index is 12.5. The van der Waals surface area contributed by atoms with Crippen LogP contribution in [0, 0.1) is 6.92 Å². The number of halogens is 1. The molecule has 0 amide bonds. The molecule has 2 N–H and O–H groups in total. The minimum atomic E-state index is -3.70. The second kappa shape index (κ2) is 7.08. The Morgan fingerprint density at radius 3 is 2.32 bits per heavy atom. The zero-order valence-corrected chi connectivity index (χ0v) is 14.8. The van der Waals surface area contributed by atoms with E-state index in [4.69, 9.17) is 11.6 Å². The summed E-state index contributed by atoms with van der Waals surface area (Å²) < 4.78 is 27.7. The van der Waals surface area contributed by atoms with Gasteiger partial charge in [0.2, 0.25) is 5.28 Å². The first-order chi connectivity index (χ1) is 12.0. The molecule has 1 heterocycles. The van der Waals surface area contributed by atoms with Gasteiger partial charge in [0.1, 0.15) is 5.82 Å². The van der Waals surface area contributed by atoms with Crippen molar-refractivity contribution in [3.8, 4) is 0 Å². The van der Waals surface area contributed by atoms with Gasteiger partial charge in [0, 0.05) is 11.8 Å². The third kappa shape index (κ3) is 4.07. The highest BCUT2D eigenvalue weighted by atomic mass is 35.5. The van der Waals surface area contributed by atoms with Crippen molar-refractivity contribution in [1.29, 1.82) is 0 Å². The van der Waals surface area contributed by atoms with Crippen LogP contribution < -0.4 is 10.0 Å². The van der Waals surface area contributed by atoms with Gasteiger partial charge in [-0.15, -0.1) is 0 Å². The molecular weight excluding hydrogens is 360 g/mol. The van der Waals surface area contributed by atoms with Crippen molar-refractivity contribution in [2.45, 2.75) is 11.8 Å². The quantitative estimate of drug-likeness (QED) is 0.660. The van der Waals surface area contributed by atoms with Crippen molar-refractivity contribution in [1.82, 2.24) is 9.97 Å². The second-order valence-corrected chi connectivity index (χ2v) is 7.28. The molecule has 0 unspecified atom stereocenters. The second-order valence-electron chi connectivity index (χ2n) is 5.26. The number of aryl methyl sites for hydroxylation is 1. The standard InChI is InChI=1S/C17H15ClN4O2S/c1-12-11-19-17(18)21-16(12)20-14-9-5-6-10-15(14)22-25(23,24)13-7-3-2-4-8-13/h2-11,22H,1H3,(H,19,20,21). The number of nitrogens with one attached hydrogen (secondary N) is 2. The zero-order valence-electron chi connectivity index (χ0n) is 13.3. The highest BCUT2D eigenvalue weighted by Gasteiger charge is 2.16. The largest absolute Gasteiger partial charge is 0.338 e.